The number of imidazole rings is 1. The first-order valence-corrected chi connectivity index (χ1v) is 12.6. The van der Waals surface area contributed by atoms with E-state index in [0.29, 0.717) is 42.7 Å². The normalized spacial score (nSPS) is 14.1. The SMILES string of the molecule is CC(=O)OCCCn1c(NC(=O)c2ccc(C#N)cc2)nc2cc(CN(C)C3CCCCC3)ccc21. The van der Waals surface area contributed by atoms with Crippen LogP contribution in [0.3, 0.4) is 0 Å². The Hall–Kier alpha value is -3.70. The molecule has 1 aliphatic rings. The van der Waals surface area contributed by atoms with Gasteiger partial charge in [0.2, 0.25) is 5.95 Å². The number of aromatic nitrogens is 2. The molecule has 0 saturated heterocycles. The first-order valence-electron chi connectivity index (χ1n) is 12.6. The van der Waals surface area contributed by atoms with Crippen molar-refractivity contribution in [3.8, 4) is 6.07 Å². The lowest BCUT2D eigenvalue weighted by Crippen LogP contribution is -2.32. The summed E-state index contributed by atoms with van der Waals surface area (Å²) in [5.41, 5.74) is 3.85. The van der Waals surface area contributed by atoms with Crippen LogP contribution < -0.4 is 5.32 Å². The van der Waals surface area contributed by atoms with Crippen molar-refractivity contribution in [2.24, 2.45) is 0 Å². The number of ether oxygens (including phenoxy) is 1. The molecule has 4 rings (SSSR count). The molecule has 0 radical (unpaired) electrons. The van der Waals surface area contributed by atoms with Gasteiger partial charge in [-0.2, -0.15) is 5.26 Å². The second-order valence-corrected chi connectivity index (χ2v) is 9.45. The van der Waals surface area contributed by atoms with Gasteiger partial charge in [-0.3, -0.25) is 19.8 Å². The van der Waals surface area contributed by atoms with Crippen LogP contribution in [0, 0.1) is 11.3 Å². The van der Waals surface area contributed by atoms with Gasteiger partial charge < -0.3 is 9.30 Å². The molecule has 1 aromatic heterocycles. The van der Waals surface area contributed by atoms with Gasteiger partial charge in [-0.25, -0.2) is 4.98 Å². The lowest BCUT2D eigenvalue weighted by atomic mass is 9.94. The highest BCUT2D eigenvalue weighted by molar-refractivity contribution is 6.04. The van der Waals surface area contributed by atoms with E-state index in [0.717, 1.165) is 17.6 Å². The highest BCUT2D eigenvalue weighted by atomic mass is 16.5. The quantitative estimate of drug-likeness (QED) is 0.341. The molecule has 0 unspecified atom stereocenters. The number of nitrogens with one attached hydrogen (secondary N) is 1. The summed E-state index contributed by atoms with van der Waals surface area (Å²) >= 11 is 0. The molecule has 0 aliphatic heterocycles. The van der Waals surface area contributed by atoms with Crippen LogP contribution in [0.5, 0.6) is 0 Å². The number of hydrogen-bond acceptors (Lipinski definition) is 6. The molecule has 8 nitrogen and oxygen atoms in total. The van der Waals surface area contributed by atoms with E-state index in [9.17, 15) is 9.59 Å². The minimum absolute atomic E-state index is 0.294. The van der Waals surface area contributed by atoms with Crippen LogP contribution in [0.4, 0.5) is 5.95 Å². The van der Waals surface area contributed by atoms with Gasteiger partial charge in [-0.1, -0.05) is 25.3 Å². The van der Waals surface area contributed by atoms with Gasteiger partial charge in [0.05, 0.1) is 29.3 Å². The summed E-state index contributed by atoms with van der Waals surface area (Å²) in [4.78, 5) is 31.3. The van der Waals surface area contributed by atoms with Gasteiger partial charge >= 0.3 is 5.97 Å². The molecular formula is C28H33N5O3. The number of hydrogen-bond donors (Lipinski definition) is 1. The van der Waals surface area contributed by atoms with E-state index in [2.05, 4.69) is 41.5 Å². The van der Waals surface area contributed by atoms with Crippen LogP contribution in [0.1, 0.15) is 66.9 Å². The third-order valence-corrected chi connectivity index (χ3v) is 6.78. The molecule has 1 saturated carbocycles. The predicted molar refractivity (Wildman–Crippen MR) is 138 cm³/mol. The number of nitrogens with zero attached hydrogens (tertiary/aromatic N) is 4. The van der Waals surface area contributed by atoms with Gasteiger partial charge in [0, 0.05) is 31.6 Å². The molecule has 0 bridgehead atoms. The zero-order chi connectivity index (χ0) is 25.5. The summed E-state index contributed by atoms with van der Waals surface area (Å²) in [6.45, 7) is 3.07. The first-order chi connectivity index (χ1) is 17.4. The van der Waals surface area contributed by atoms with Crippen molar-refractivity contribution in [2.45, 2.75) is 64.6 Å². The van der Waals surface area contributed by atoms with E-state index in [1.165, 1.54) is 44.6 Å². The van der Waals surface area contributed by atoms with Crippen molar-refractivity contribution in [3.05, 3.63) is 59.2 Å². The Morgan fingerprint density at radius 2 is 1.92 bits per heavy atom. The Labute approximate surface area is 211 Å². The van der Waals surface area contributed by atoms with Crippen molar-refractivity contribution in [1.82, 2.24) is 14.5 Å². The first kappa shape index (κ1) is 25.4. The third kappa shape index (κ3) is 6.29. The molecule has 0 spiro atoms. The average molecular weight is 488 g/mol. The molecule has 1 aliphatic carbocycles. The second-order valence-electron chi connectivity index (χ2n) is 9.45. The smallest absolute Gasteiger partial charge is 0.302 e. The molecular weight excluding hydrogens is 454 g/mol. The van der Waals surface area contributed by atoms with E-state index in [1.807, 2.05) is 4.57 Å². The number of carbonyl (C=O) groups is 2. The Morgan fingerprint density at radius 3 is 2.61 bits per heavy atom. The Bertz CT molecular complexity index is 1250. The Morgan fingerprint density at radius 1 is 1.17 bits per heavy atom. The minimum atomic E-state index is -0.313. The minimum Gasteiger partial charge on any atom is -0.466 e. The Kier molecular flexibility index (Phi) is 8.34. The maximum Gasteiger partial charge on any atom is 0.302 e. The number of amides is 1. The standard InChI is InChI=1S/C28H33N5O3/c1-20(34)36-16-6-15-33-26-14-11-22(19-32(2)24-7-4-3-5-8-24)17-25(26)30-28(33)31-27(35)23-12-9-21(18-29)10-13-23/h9-14,17,24H,3-8,15-16,19H2,1-2H3,(H,30,31,35). The molecule has 2 aromatic carbocycles. The van der Waals surface area contributed by atoms with E-state index in [1.54, 1.807) is 24.3 Å². The van der Waals surface area contributed by atoms with E-state index in [-0.39, 0.29) is 11.9 Å². The predicted octanol–water partition coefficient (Wildman–Crippen LogP) is 4.88. The Balaban J connectivity index is 1.56. The molecule has 0 atom stereocenters. The van der Waals surface area contributed by atoms with Crippen LogP contribution in [-0.4, -0.2) is 46.0 Å². The maximum atomic E-state index is 12.9. The van der Waals surface area contributed by atoms with Gasteiger partial charge in [0.25, 0.3) is 5.91 Å². The summed E-state index contributed by atoms with van der Waals surface area (Å²) in [6.07, 6.45) is 7.03. The number of nitriles is 1. The van der Waals surface area contributed by atoms with Crippen LogP contribution in [0.2, 0.25) is 0 Å². The number of aryl methyl sites for hydroxylation is 1. The average Bonchev–Trinajstić information content (AvgIpc) is 3.22. The summed E-state index contributed by atoms with van der Waals surface area (Å²) in [5, 5.41) is 11.9. The molecule has 1 fully saturated rings. The van der Waals surface area contributed by atoms with Crippen molar-refractivity contribution in [3.63, 3.8) is 0 Å². The molecule has 3 aromatic rings. The van der Waals surface area contributed by atoms with Crippen molar-refractivity contribution in [2.75, 3.05) is 19.0 Å². The van der Waals surface area contributed by atoms with Crippen molar-refractivity contribution >= 4 is 28.9 Å². The molecule has 1 N–H and O–H groups in total. The highest BCUT2D eigenvalue weighted by Crippen LogP contribution is 2.26. The molecule has 36 heavy (non-hydrogen) atoms. The molecule has 188 valence electrons. The zero-order valence-corrected chi connectivity index (χ0v) is 21.0. The fourth-order valence-corrected chi connectivity index (χ4v) is 4.84. The van der Waals surface area contributed by atoms with Crippen LogP contribution in [0.25, 0.3) is 11.0 Å². The van der Waals surface area contributed by atoms with Crippen molar-refractivity contribution in [1.29, 1.82) is 5.26 Å². The summed E-state index contributed by atoms with van der Waals surface area (Å²) in [5.74, 6) is -0.167. The maximum absolute atomic E-state index is 12.9. The molecule has 8 heteroatoms. The van der Waals surface area contributed by atoms with E-state index >= 15 is 0 Å². The van der Waals surface area contributed by atoms with Gasteiger partial charge in [0.15, 0.2) is 0 Å². The number of fused-ring (bicyclic) bond motifs is 1. The second kappa shape index (κ2) is 11.8. The topological polar surface area (TPSA) is 100 Å². The largest absolute Gasteiger partial charge is 0.466 e. The number of carbonyl (C=O) groups excluding carboxylic acids is 2. The lowest BCUT2D eigenvalue weighted by Gasteiger charge is -2.31. The molecule has 1 amide bonds. The van der Waals surface area contributed by atoms with E-state index < -0.39 is 0 Å². The summed E-state index contributed by atoms with van der Waals surface area (Å²) in [6, 6.07) is 15.4. The van der Waals surface area contributed by atoms with E-state index in [4.69, 9.17) is 15.0 Å². The fourth-order valence-electron chi connectivity index (χ4n) is 4.84. The highest BCUT2D eigenvalue weighted by Gasteiger charge is 2.19. The number of esters is 1. The monoisotopic (exact) mass is 487 g/mol. The number of anilines is 1. The van der Waals surface area contributed by atoms with Gasteiger partial charge in [-0.05, 0) is 68.3 Å². The molecule has 1 heterocycles. The van der Waals surface area contributed by atoms with Gasteiger partial charge in [0.1, 0.15) is 0 Å². The fraction of sp³-hybridized carbons (Fsp3) is 0.429. The van der Waals surface area contributed by atoms with Gasteiger partial charge in [-0.15, -0.1) is 0 Å². The third-order valence-electron chi connectivity index (χ3n) is 6.78. The van der Waals surface area contributed by atoms with Crippen LogP contribution in [0.15, 0.2) is 42.5 Å². The lowest BCUT2D eigenvalue weighted by molar-refractivity contribution is -0.141. The van der Waals surface area contributed by atoms with Crippen LogP contribution in [-0.2, 0) is 22.6 Å². The number of benzene rings is 2. The summed E-state index contributed by atoms with van der Waals surface area (Å²) < 4.78 is 7.05. The zero-order valence-electron chi connectivity index (χ0n) is 21.0. The van der Waals surface area contributed by atoms with Crippen LogP contribution >= 0.6 is 0 Å². The number of rotatable bonds is 9. The van der Waals surface area contributed by atoms with Crippen molar-refractivity contribution < 1.29 is 14.3 Å². The summed E-state index contributed by atoms with van der Waals surface area (Å²) in [7, 11) is 2.19.